The van der Waals surface area contributed by atoms with Crippen LogP contribution in [0.3, 0.4) is 0 Å². The molecule has 1 unspecified atom stereocenters. The quantitative estimate of drug-likeness (QED) is 0.769. The molecule has 1 atom stereocenters. The first-order valence-electron chi connectivity index (χ1n) is 6.90. The smallest absolute Gasteiger partial charge is 0.320 e. The summed E-state index contributed by atoms with van der Waals surface area (Å²) in [5.74, 6) is 0.953. The SMILES string of the molecule is COc1c2cc(C)oc2c(CC(N)C(=O)O)c2cc(C)oc12. The van der Waals surface area contributed by atoms with Crippen molar-refractivity contribution < 1.29 is 23.5 Å². The summed E-state index contributed by atoms with van der Waals surface area (Å²) >= 11 is 0. The van der Waals surface area contributed by atoms with Crippen LogP contribution in [0.1, 0.15) is 17.1 Å². The molecule has 3 rings (SSSR count). The molecule has 6 heteroatoms. The van der Waals surface area contributed by atoms with Crippen molar-refractivity contribution >= 4 is 27.9 Å². The molecular formula is C16H17NO5. The molecule has 3 N–H and O–H groups in total. The van der Waals surface area contributed by atoms with E-state index in [0.29, 0.717) is 28.4 Å². The molecule has 116 valence electrons. The van der Waals surface area contributed by atoms with E-state index in [2.05, 4.69) is 0 Å². The molecule has 6 nitrogen and oxygen atoms in total. The lowest BCUT2D eigenvalue weighted by Gasteiger charge is -2.10. The third kappa shape index (κ3) is 2.12. The predicted molar refractivity (Wildman–Crippen MR) is 81.3 cm³/mol. The van der Waals surface area contributed by atoms with E-state index in [-0.39, 0.29) is 6.42 Å². The van der Waals surface area contributed by atoms with Crippen LogP contribution in [0.4, 0.5) is 0 Å². The highest BCUT2D eigenvalue weighted by atomic mass is 16.5. The van der Waals surface area contributed by atoms with Gasteiger partial charge in [0.1, 0.15) is 23.1 Å². The van der Waals surface area contributed by atoms with E-state index >= 15 is 0 Å². The van der Waals surface area contributed by atoms with E-state index in [0.717, 1.165) is 16.3 Å². The van der Waals surface area contributed by atoms with Crippen molar-refractivity contribution in [3.8, 4) is 5.75 Å². The van der Waals surface area contributed by atoms with Crippen LogP contribution in [0.25, 0.3) is 21.9 Å². The minimum atomic E-state index is -1.05. The van der Waals surface area contributed by atoms with E-state index in [1.165, 1.54) is 0 Å². The van der Waals surface area contributed by atoms with Gasteiger partial charge < -0.3 is 24.4 Å². The van der Waals surface area contributed by atoms with Gasteiger partial charge in [0.2, 0.25) is 0 Å². The van der Waals surface area contributed by atoms with E-state index in [4.69, 9.17) is 24.4 Å². The zero-order valence-electron chi connectivity index (χ0n) is 12.6. The lowest BCUT2D eigenvalue weighted by Crippen LogP contribution is -2.32. The summed E-state index contributed by atoms with van der Waals surface area (Å²) < 4.78 is 17.0. The van der Waals surface area contributed by atoms with E-state index in [1.54, 1.807) is 7.11 Å². The minimum Gasteiger partial charge on any atom is -0.492 e. The molecule has 0 bridgehead atoms. The number of hydrogen-bond acceptors (Lipinski definition) is 5. The summed E-state index contributed by atoms with van der Waals surface area (Å²) in [6.45, 7) is 3.65. The Morgan fingerprint density at radius 2 is 1.82 bits per heavy atom. The maximum Gasteiger partial charge on any atom is 0.320 e. The van der Waals surface area contributed by atoms with Gasteiger partial charge >= 0.3 is 5.97 Å². The number of aliphatic carboxylic acids is 1. The second-order valence-corrected chi connectivity index (χ2v) is 5.36. The number of carboxylic acids is 1. The second-order valence-electron chi connectivity index (χ2n) is 5.36. The topological polar surface area (TPSA) is 98.8 Å². The zero-order valence-corrected chi connectivity index (χ0v) is 12.6. The van der Waals surface area contributed by atoms with Gasteiger partial charge in [-0.05, 0) is 26.0 Å². The fourth-order valence-corrected chi connectivity index (χ4v) is 2.77. The number of carbonyl (C=O) groups is 1. The van der Waals surface area contributed by atoms with Gasteiger partial charge in [-0.25, -0.2) is 0 Å². The van der Waals surface area contributed by atoms with Crippen LogP contribution >= 0.6 is 0 Å². The summed E-state index contributed by atoms with van der Waals surface area (Å²) in [6, 6.07) is 2.68. The van der Waals surface area contributed by atoms with Gasteiger partial charge in [-0.15, -0.1) is 0 Å². The number of rotatable bonds is 4. The molecule has 0 aliphatic rings. The number of benzene rings is 1. The van der Waals surface area contributed by atoms with Crippen LogP contribution in [0.5, 0.6) is 5.75 Å². The van der Waals surface area contributed by atoms with Crippen molar-refractivity contribution in [2.24, 2.45) is 5.73 Å². The molecule has 2 heterocycles. The standard InChI is InChI=1S/C16H17NO5/c1-7-4-9-10(6-12(17)16(18)19)13-11(5-8(2)21-13)14(20-3)15(9)22-7/h4-5,12H,6,17H2,1-3H3,(H,18,19). The maximum absolute atomic E-state index is 11.1. The molecule has 2 aromatic heterocycles. The molecule has 0 saturated carbocycles. The molecule has 0 radical (unpaired) electrons. The van der Waals surface area contributed by atoms with Gasteiger partial charge in [-0.3, -0.25) is 4.79 Å². The van der Waals surface area contributed by atoms with Crippen molar-refractivity contribution in [2.75, 3.05) is 7.11 Å². The van der Waals surface area contributed by atoms with E-state index in [1.807, 2.05) is 26.0 Å². The van der Waals surface area contributed by atoms with Gasteiger partial charge in [-0.2, -0.15) is 0 Å². The number of furan rings is 2. The van der Waals surface area contributed by atoms with Crippen molar-refractivity contribution in [1.82, 2.24) is 0 Å². The Labute approximate surface area is 126 Å². The number of ether oxygens (including phenoxy) is 1. The van der Waals surface area contributed by atoms with Gasteiger partial charge in [0.15, 0.2) is 11.3 Å². The van der Waals surface area contributed by atoms with Crippen LogP contribution in [0.15, 0.2) is 21.0 Å². The highest BCUT2D eigenvalue weighted by Gasteiger charge is 2.24. The number of methoxy groups -OCH3 is 1. The van der Waals surface area contributed by atoms with Crippen LogP contribution in [-0.4, -0.2) is 24.2 Å². The average molecular weight is 303 g/mol. The van der Waals surface area contributed by atoms with Gasteiger partial charge in [-0.1, -0.05) is 0 Å². The van der Waals surface area contributed by atoms with Crippen molar-refractivity contribution in [3.05, 3.63) is 29.2 Å². The third-order valence-electron chi connectivity index (χ3n) is 3.71. The molecule has 0 saturated heterocycles. The van der Waals surface area contributed by atoms with Crippen molar-refractivity contribution in [2.45, 2.75) is 26.3 Å². The van der Waals surface area contributed by atoms with Crippen LogP contribution < -0.4 is 10.5 Å². The first-order valence-corrected chi connectivity index (χ1v) is 6.90. The van der Waals surface area contributed by atoms with E-state index in [9.17, 15) is 4.79 Å². The number of carboxylic acid groups (broad SMARTS) is 1. The number of nitrogens with two attached hydrogens (primary N) is 1. The Morgan fingerprint density at radius 1 is 1.23 bits per heavy atom. The Morgan fingerprint density at radius 3 is 2.41 bits per heavy atom. The van der Waals surface area contributed by atoms with Gasteiger partial charge in [0.25, 0.3) is 0 Å². The molecule has 0 aliphatic heterocycles. The number of aryl methyl sites for hydroxylation is 2. The Bertz CT molecular complexity index is 816. The molecular weight excluding hydrogens is 286 g/mol. The summed E-state index contributed by atoms with van der Waals surface area (Å²) in [5.41, 5.74) is 7.62. The number of hydrogen-bond donors (Lipinski definition) is 2. The summed E-state index contributed by atoms with van der Waals surface area (Å²) in [4.78, 5) is 11.1. The van der Waals surface area contributed by atoms with Crippen LogP contribution in [0, 0.1) is 13.8 Å². The van der Waals surface area contributed by atoms with Crippen LogP contribution in [0.2, 0.25) is 0 Å². The van der Waals surface area contributed by atoms with Crippen LogP contribution in [-0.2, 0) is 11.2 Å². The Kier molecular flexibility index (Phi) is 3.33. The number of fused-ring (bicyclic) bond motifs is 2. The third-order valence-corrected chi connectivity index (χ3v) is 3.71. The summed E-state index contributed by atoms with van der Waals surface area (Å²) in [5, 5.41) is 10.6. The molecule has 0 amide bonds. The van der Waals surface area contributed by atoms with Gasteiger partial charge in [0, 0.05) is 17.4 Å². The molecule has 0 aliphatic carbocycles. The highest BCUT2D eigenvalue weighted by Crippen LogP contribution is 2.41. The molecule has 0 fully saturated rings. The maximum atomic E-state index is 11.1. The molecule has 3 aromatic rings. The predicted octanol–water partition coefficient (Wildman–Crippen LogP) is 2.76. The largest absolute Gasteiger partial charge is 0.492 e. The monoisotopic (exact) mass is 303 g/mol. The Balaban J connectivity index is 2.37. The molecule has 0 spiro atoms. The van der Waals surface area contributed by atoms with Crippen molar-refractivity contribution in [1.29, 1.82) is 0 Å². The van der Waals surface area contributed by atoms with Gasteiger partial charge in [0.05, 0.1) is 12.5 Å². The molecule has 22 heavy (non-hydrogen) atoms. The lowest BCUT2D eigenvalue weighted by atomic mass is 9.99. The fourth-order valence-electron chi connectivity index (χ4n) is 2.77. The summed E-state index contributed by atoms with van der Waals surface area (Å²) in [6.07, 6.45) is 0.151. The second kappa shape index (κ2) is 5.06. The zero-order chi connectivity index (χ0) is 16.0. The summed E-state index contributed by atoms with van der Waals surface area (Å²) in [7, 11) is 1.57. The molecule has 1 aromatic carbocycles. The lowest BCUT2D eigenvalue weighted by molar-refractivity contribution is -0.138. The fraction of sp³-hybridized carbons (Fsp3) is 0.312. The Hall–Kier alpha value is -2.47. The first kappa shape index (κ1) is 14.5. The minimum absolute atomic E-state index is 0.151. The average Bonchev–Trinajstić information content (AvgIpc) is 3.00. The first-order chi connectivity index (χ1) is 10.4. The van der Waals surface area contributed by atoms with E-state index < -0.39 is 12.0 Å². The highest BCUT2D eigenvalue weighted by molar-refractivity contribution is 6.05. The van der Waals surface area contributed by atoms with Crippen molar-refractivity contribution in [3.63, 3.8) is 0 Å². The normalized spacial score (nSPS) is 12.9.